The van der Waals surface area contributed by atoms with Crippen LogP contribution < -0.4 is 11.1 Å². The Morgan fingerprint density at radius 3 is 2.82 bits per heavy atom. The van der Waals surface area contributed by atoms with Crippen LogP contribution >= 0.6 is 0 Å². The van der Waals surface area contributed by atoms with E-state index in [0.29, 0.717) is 5.76 Å². The van der Waals surface area contributed by atoms with Crippen molar-refractivity contribution >= 4 is 11.6 Å². The number of aryl methyl sites for hydroxylation is 1. The van der Waals surface area contributed by atoms with Gasteiger partial charge in [-0.2, -0.15) is 0 Å². The summed E-state index contributed by atoms with van der Waals surface area (Å²) in [5, 5.41) is 2.76. The van der Waals surface area contributed by atoms with E-state index in [1.54, 1.807) is 12.1 Å². The Bertz CT molecular complexity index is 532. The van der Waals surface area contributed by atoms with Gasteiger partial charge in [0.15, 0.2) is 5.76 Å². The molecule has 1 aromatic carbocycles. The lowest BCUT2D eigenvalue weighted by Gasteiger charge is -2.03. The number of rotatable bonds is 3. The number of nitrogens with one attached hydrogen (secondary N) is 1. The van der Waals surface area contributed by atoms with E-state index in [1.807, 2.05) is 31.2 Å². The maximum Gasteiger partial charge on any atom is 0.291 e. The summed E-state index contributed by atoms with van der Waals surface area (Å²) in [7, 11) is 0. The molecule has 0 bridgehead atoms. The topological polar surface area (TPSA) is 68.3 Å². The number of carbonyl (C=O) groups excluding carboxylic acids is 1. The molecule has 0 atom stereocenters. The van der Waals surface area contributed by atoms with Gasteiger partial charge in [0.25, 0.3) is 5.91 Å². The number of hydrogen-bond acceptors (Lipinski definition) is 3. The molecule has 88 valence electrons. The van der Waals surface area contributed by atoms with E-state index < -0.39 is 0 Å². The van der Waals surface area contributed by atoms with E-state index >= 15 is 0 Å². The van der Waals surface area contributed by atoms with E-state index in [2.05, 4.69) is 5.32 Å². The first-order chi connectivity index (χ1) is 8.19. The monoisotopic (exact) mass is 230 g/mol. The molecule has 0 saturated heterocycles. The number of furan rings is 1. The van der Waals surface area contributed by atoms with E-state index in [-0.39, 0.29) is 18.2 Å². The molecule has 3 N–H and O–H groups in total. The van der Waals surface area contributed by atoms with E-state index in [4.69, 9.17) is 10.2 Å². The molecule has 0 aliphatic carbocycles. The zero-order valence-corrected chi connectivity index (χ0v) is 9.57. The van der Waals surface area contributed by atoms with Crippen LogP contribution in [-0.2, 0) is 6.54 Å². The standard InChI is InChI=1S/C13H14N2O2/c1-9-3-2-4-10(7-9)15-13(16)12-6-5-11(8-14)17-12/h2-7H,8,14H2,1H3,(H,15,16). The Balaban J connectivity index is 2.11. The molecular formula is C13H14N2O2. The number of amides is 1. The molecule has 0 fully saturated rings. The van der Waals surface area contributed by atoms with Crippen LogP contribution in [0.2, 0.25) is 0 Å². The average molecular weight is 230 g/mol. The highest BCUT2D eigenvalue weighted by Crippen LogP contribution is 2.13. The van der Waals surface area contributed by atoms with Crippen LogP contribution in [0, 0.1) is 6.92 Å². The third kappa shape index (κ3) is 2.73. The Labute approximate surface area is 99.4 Å². The van der Waals surface area contributed by atoms with Crippen molar-refractivity contribution in [1.82, 2.24) is 0 Å². The first-order valence-electron chi connectivity index (χ1n) is 5.36. The summed E-state index contributed by atoms with van der Waals surface area (Å²) >= 11 is 0. The number of carbonyl (C=O) groups is 1. The molecule has 4 heteroatoms. The first kappa shape index (κ1) is 11.4. The van der Waals surface area contributed by atoms with Crippen LogP contribution in [0.3, 0.4) is 0 Å². The Morgan fingerprint density at radius 2 is 2.18 bits per heavy atom. The molecule has 2 rings (SSSR count). The smallest absolute Gasteiger partial charge is 0.291 e. The maximum absolute atomic E-state index is 11.8. The van der Waals surface area contributed by atoms with Crippen LogP contribution in [0.25, 0.3) is 0 Å². The average Bonchev–Trinajstić information content (AvgIpc) is 2.77. The minimum Gasteiger partial charge on any atom is -0.455 e. The Morgan fingerprint density at radius 1 is 1.35 bits per heavy atom. The molecule has 0 spiro atoms. The fraction of sp³-hybridized carbons (Fsp3) is 0.154. The van der Waals surface area contributed by atoms with Crippen molar-refractivity contribution in [2.75, 3.05) is 5.32 Å². The van der Waals surface area contributed by atoms with Crippen molar-refractivity contribution in [2.45, 2.75) is 13.5 Å². The van der Waals surface area contributed by atoms with Crippen LogP contribution in [0.15, 0.2) is 40.8 Å². The van der Waals surface area contributed by atoms with Crippen LogP contribution in [0.4, 0.5) is 5.69 Å². The van der Waals surface area contributed by atoms with Crippen molar-refractivity contribution < 1.29 is 9.21 Å². The van der Waals surface area contributed by atoms with Gasteiger partial charge >= 0.3 is 0 Å². The zero-order valence-electron chi connectivity index (χ0n) is 9.57. The summed E-state index contributed by atoms with van der Waals surface area (Å²) in [6.07, 6.45) is 0. The predicted molar refractivity (Wildman–Crippen MR) is 65.7 cm³/mol. The van der Waals surface area contributed by atoms with Crippen molar-refractivity contribution in [2.24, 2.45) is 5.73 Å². The molecule has 4 nitrogen and oxygen atoms in total. The van der Waals surface area contributed by atoms with Gasteiger partial charge in [0.2, 0.25) is 0 Å². The first-order valence-corrected chi connectivity index (χ1v) is 5.36. The number of anilines is 1. The molecule has 0 unspecified atom stereocenters. The highest BCUT2D eigenvalue weighted by atomic mass is 16.4. The van der Waals surface area contributed by atoms with E-state index in [0.717, 1.165) is 11.3 Å². The van der Waals surface area contributed by atoms with Gasteiger partial charge in [-0.1, -0.05) is 12.1 Å². The third-order valence-corrected chi connectivity index (χ3v) is 2.36. The lowest BCUT2D eigenvalue weighted by Crippen LogP contribution is -2.10. The molecule has 0 radical (unpaired) electrons. The summed E-state index contributed by atoms with van der Waals surface area (Å²) in [5.41, 5.74) is 7.25. The number of hydrogen-bond donors (Lipinski definition) is 2. The van der Waals surface area contributed by atoms with Crippen LogP contribution in [0.1, 0.15) is 21.9 Å². The van der Waals surface area contributed by atoms with E-state index in [1.165, 1.54) is 0 Å². The summed E-state index contributed by atoms with van der Waals surface area (Å²) in [5.74, 6) is 0.599. The Hall–Kier alpha value is -2.07. The predicted octanol–water partition coefficient (Wildman–Crippen LogP) is 2.30. The summed E-state index contributed by atoms with van der Waals surface area (Å²) < 4.78 is 5.26. The second kappa shape index (κ2) is 4.84. The molecule has 1 aromatic heterocycles. The third-order valence-electron chi connectivity index (χ3n) is 2.36. The highest BCUT2D eigenvalue weighted by Gasteiger charge is 2.10. The molecule has 0 saturated carbocycles. The van der Waals surface area contributed by atoms with Crippen molar-refractivity contribution in [3.05, 3.63) is 53.5 Å². The minimum absolute atomic E-state index is 0.268. The van der Waals surface area contributed by atoms with Gasteiger partial charge in [-0.05, 0) is 36.8 Å². The van der Waals surface area contributed by atoms with Gasteiger partial charge in [-0.3, -0.25) is 4.79 Å². The fourth-order valence-corrected chi connectivity index (χ4v) is 1.53. The lowest BCUT2D eigenvalue weighted by atomic mass is 10.2. The maximum atomic E-state index is 11.8. The van der Waals surface area contributed by atoms with Gasteiger partial charge in [0.1, 0.15) is 5.76 Å². The molecule has 1 amide bonds. The SMILES string of the molecule is Cc1cccc(NC(=O)c2ccc(CN)o2)c1. The van der Waals surface area contributed by atoms with Gasteiger partial charge in [-0.25, -0.2) is 0 Å². The zero-order chi connectivity index (χ0) is 12.3. The molecular weight excluding hydrogens is 216 g/mol. The van der Waals surface area contributed by atoms with Crippen LogP contribution in [0.5, 0.6) is 0 Å². The van der Waals surface area contributed by atoms with Crippen molar-refractivity contribution in [1.29, 1.82) is 0 Å². The Kier molecular flexibility index (Phi) is 3.25. The molecule has 1 heterocycles. The highest BCUT2D eigenvalue weighted by molar-refractivity contribution is 6.02. The van der Waals surface area contributed by atoms with Gasteiger partial charge in [-0.15, -0.1) is 0 Å². The normalized spacial score (nSPS) is 10.2. The molecule has 0 aliphatic heterocycles. The number of benzene rings is 1. The largest absolute Gasteiger partial charge is 0.455 e. The summed E-state index contributed by atoms with van der Waals surface area (Å²) in [4.78, 5) is 11.8. The summed E-state index contributed by atoms with van der Waals surface area (Å²) in [6.45, 7) is 2.26. The van der Waals surface area contributed by atoms with Crippen LogP contribution in [-0.4, -0.2) is 5.91 Å². The second-order valence-electron chi connectivity index (χ2n) is 3.79. The fourth-order valence-electron chi connectivity index (χ4n) is 1.53. The van der Waals surface area contributed by atoms with Crippen molar-refractivity contribution in [3.8, 4) is 0 Å². The van der Waals surface area contributed by atoms with Gasteiger partial charge in [0, 0.05) is 5.69 Å². The minimum atomic E-state index is -0.268. The summed E-state index contributed by atoms with van der Waals surface area (Å²) in [6, 6.07) is 10.9. The van der Waals surface area contributed by atoms with E-state index in [9.17, 15) is 4.79 Å². The second-order valence-corrected chi connectivity index (χ2v) is 3.79. The molecule has 0 aliphatic rings. The molecule has 2 aromatic rings. The van der Waals surface area contributed by atoms with Gasteiger partial charge in [0.05, 0.1) is 6.54 Å². The van der Waals surface area contributed by atoms with Gasteiger partial charge < -0.3 is 15.5 Å². The lowest BCUT2D eigenvalue weighted by molar-refractivity contribution is 0.0995. The molecule has 17 heavy (non-hydrogen) atoms. The quantitative estimate of drug-likeness (QED) is 0.850. The van der Waals surface area contributed by atoms with Crippen molar-refractivity contribution in [3.63, 3.8) is 0 Å². The number of nitrogens with two attached hydrogens (primary N) is 1.